The van der Waals surface area contributed by atoms with Crippen molar-refractivity contribution in [3.63, 3.8) is 0 Å². The molecule has 6 heteroatoms. The third-order valence-electron chi connectivity index (χ3n) is 1.46. The summed E-state index contributed by atoms with van der Waals surface area (Å²) in [6.07, 6.45) is 0. The smallest absolute Gasteiger partial charge is 0.281 e. The van der Waals surface area contributed by atoms with E-state index in [0.29, 0.717) is 19.1 Å². The predicted octanol–water partition coefficient (Wildman–Crippen LogP) is 2.74. The zero-order valence-corrected chi connectivity index (χ0v) is 9.27. The highest BCUT2D eigenvalue weighted by Gasteiger charge is 2.34. The summed E-state index contributed by atoms with van der Waals surface area (Å²) in [7, 11) is 0. The number of hydrogen-bond donors (Lipinski definition) is 0. The second-order valence-electron chi connectivity index (χ2n) is 2.92. The van der Waals surface area contributed by atoms with Crippen molar-refractivity contribution in [3.8, 4) is 0 Å². The molecular weight excluding hydrogens is 226 g/mol. The largest absolute Gasteiger partial charge is 0.317 e. The molecule has 0 bridgehead atoms. The molecule has 0 aromatic rings. The molecule has 0 spiro atoms. The molecule has 1 aliphatic heterocycles. The Bertz CT molecular complexity index is 187. The normalized spacial score (nSPS) is 45.7. The Hall–Kier alpha value is 1.15. The van der Waals surface area contributed by atoms with Crippen molar-refractivity contribution in [3.05, 3.63) is 0 Å². The second kappa shape index (κ2) is 3.49. The van der Waals surface area contributed by atoms with Gasteiger partial charge in [-0.05, 0) is 23.0 Å². The molecule has 1 aliphatic rings. The summed E-state index contributed by atoms with van der Waals surface area (Å²) < 4.78 is 10.3. The van der Waals surface area contributed by atoms with Gasteiger partial charge in [0.1, 0.15) is 0 Å². The standard InChI is InChI=1S/C5H9Cl2O2PS/c1-5(2-6)3-8-10(7,11)9-4-5/h2-4H2,1H3. The minimum absolute atomic E-state index is 0.126. The van der Waals surface area contributed by atoms with Gasteiger partial charge in [-0.25, -0.2) is 0 Å². The molecule has 0 unspecified atom stereocenters. The van der Waals surface area contributed by atoms with E-state index in [9.17, 15) is 0 Å². The molecule has 0 atom stereocenters. The molecule has 0 saturated carbocycles. The molecule has 0 amide bonds. The van der Waals surface area contributed by atoms with E-state index >= 15 is 0 Å². The Morgan fingerprint density at radius 3 is 2.36 bits per heavy atom. The molecule has 2 nitrogen and oxygen atoms in total. The summed E-state index contributed by atoms with van der Waals surface area (Å²) in [5.41, 5.74) is -0.126. The summed E-state index contributed by atoms with van der Waals surface area (Å²) in [5.74, 6) is -1.93. The molecule has 1 fully saturated rings. The molecule has 0 aromatic heterocycles. The van der Waals surface area contributed by atoms with Gasteiger partial charge in [-0.15, -0.1) is 11.6 Å². The molecule has 11 heavy (non-hydrogen) atoms. The van der Waals surface area contributed by atoms with Crippen molar-refractivity contribution >= 4 is 40.5 Å². The van der Waals surface area contributed by atoms with Gasteiger partial charge in [0.2, 0.25) is 0 Å². The van der Waals surface area contributed by atoms with Crippen LogP contribution in [0.3, 0.4) is 0 Å². The van der Waals surface area contributed by atoms with Crippen molar-refractivity contribution in [2.45, 2.75) is 6.92 Å². The third-order valence-corrected chi connectivity index (χ3v) is 4.20. The van der Waals surface area contributed by atoms with Gasteiger partial charge in [0, 0.05) is 11.3 Å². The highest BCUT2D eigenvalue weighted by molar-refractivity contribution is 8.22. The van der Waals surface area contributed by atoms with Gasteiger partial charge in [0.05, 0.1) is 13.2 Å². The Balaban J connectivity index is 2.54. The van der Waals surface area contributed by atoms with Crippen molar-refractivity contribution in [1.82, 2.24) is 0 Å². The monoisotopic (exact) mass is 234 g/mol. The van der Waals surface area contributed by atoms with Crippen LogP contribution in [0.5, 0.6) is 0 Å². The molecule has 1 heterocycles. The van der Waals surface area contributed by atoms with Gasteiger partial charge in [-0.2, -0.15) is 0 Å². The van der Waals surface area contributed by atoms with E-state index in [4.69, 9.17) is 43.7 Å². The fourth-order valence-electron chi connectivity index (χ4n) is 0.622. The minimum atomic E-state index is -2.43. The predicted molar refractivity (Wildman–Crippen MR) is 50.9 cm³/mol. The number of rotatable bonds is 1. The molecule has 1 saturated heterocycles. The van der Waals surface area contributed by atoms with Gasteiger partial charge in [0.25, 0.3) is 5.84 Å². The molecule has 0 N–H and O–H groups in total. The van der Waals surface area contributed by atoms with Gasteiger partial charge in [0.15, 0.2) is 0 Å². The lowest BCUT2D eigenvalue weighted by Crippen LogP contribution is -2.33. The van der Waals surface area contributed by atoms with Crippen LogP contribution in [0.2, 0.25) is 0 Å². The molecule has 0 aliphatic carbocycles. The van der Waals surface area contributed by atoms with Crippen molar-refractivity contribution in [2.75, 3.05) is 19.1 Å². The summed E-state index contributed by atoms with van der Waals surface area (Å²) in [6, 6.07) is 0. The highest BCUT2D eigenvalue weighted by atomic mass is 35.7. The zero-order chi connectivity index (χ0) is 8.54. The fraction of sp³-hybridized carbons (Fsp3) is 1.00. The van der Waals surface area contributed by atoms with Crippen molar-refractivity contribution in [1.29, 1.82) is 0 Å². The summed E-state index contributed by atoms with van der Waals surface area (Å²) in [6.45, 7) is 2.97. The SMILES string of the molecule is CC1(CCl)COP(=S)(Cl)OC1. The Labute approximate surface area is 81.1 Å². The highest BCUT2D eigenvalue weighted by Crippen LogP contribution is 2.58. The topological polar surface area (TPSA) is 18.5 Å². The van der Waals surface area contributed by atoms with Crippen LogP contribution in [0.4, 0.5) is 0 Å². The fourth-order valence-corrected chi connectivity index (χ4v) is 2.39. The maximum absolute atomic E-state index is 5.69. The van der Waals surface area contributed by atoms with Crippen LogP contribution in [0.15, 0.2) is 0 Å². The molecular formula is C5H9Cl2O2PS. The van der Waals surface area contributed by atoms with Gasteiger partial charge < -0.3 is 9.05 Å². The summed E-state index contributed by atoms with van der Waals surface area (Å²) in [5, 5.41) is 0. The van der Waals surface area contributed by atoms with Crippen molar-refractivity contribution in [2.24, 2.45) is 5.41 Å². The molecule has 66 valence electrons. The average Bonchev–Trinajstić information content (AvgIpc) is 1.97. The second-order valence-corrected chi connectivity index (χ2v) is 7.95. The van der Waals surface area contributed by atoms with Crippen LogP contribution < -0.4 is 0 Å². The first kappa shape index (κ1) is 10.2. The minimum Gasteiger partial charge on any atom is -0.317 e. The van der Waals surface area contributed by atoms with E-state index in [2.05, 4.69) is 0 Å². The lowest BCUT2D eigenvalue weighted by Gasteiger charge is -2.34. The zero-order valence-electron chi connectivity index (χ0n) is 6.05. The van der Waals surface area contributed by atoms with Crippen LogP contribution in [-0.2, 0) is 20.9 Å². The van der Waals surface area contributed by atoms with E-state index in [-0.39, 0.29) is 5.41 Å². The maximum Gasteiger partial charge on any atom is 0.281 e. The Kier molecular flexibility index (Phi) is 3.24. The maximum atomic E-state index is 5.69. The van der Waals surface area contributed by atoms with E-state index in [0.717, 1.165) is 0 Å². The van der Waals surface area contributed by atoms with Crippen LogP contribution >= 0.6 is 28.7 Å². The third kappa shape index (κ3) is 2.83. The van der Waals surface area contributed by atoms with E-state index in [1.54, 1.807) is 0 Å². The van der Waals surface area contributed by atoms with Gasteiger partial charge >= 0.3 is 0 Å². The van der Waals surface area contributed by atoms with Crippen LogP contribution in [0.1, 0.15) is 6.92 Å². The first-order chi connectivity index (χ1) is 4.97. The van der Waals surface area contributed by atoms with Crippen molar-refractivity contribution < 1.29 is 9.05 Å². The number of halogens is 2. The lowest BCUT2D eigenvalue weighted by atomic mass is 9.96. The van der Waals surface area contributed by atoms with Gasteiger partial charge in [-0.1, -0.05) is 6.92 Å². The van der Waals surface area contributed by atoms with E-state index < -0.39 is 5.84 Å². The molecule has 0 aromatic carbocycles. The number of hydrogen-bond acceptors (Lipinski definition) is 3. The molecule has 0 radical (unpaired) electrons. The lowest BCUT2D eigenvalue weighted by molar-refractivity contribution is 0.0691. The first-order valence-corrected chi connectivity index (χ1v) is 7.20. The summed E-state index contributed by atoms with van der Waals surface area (Å²) >= 11 is 16.2. The van der Waals surface area contributed by atoms with Crippen LogP contribution in [0, 0.1) is 5.41 Å². The Morgan fingerprint density at radius 1 is 1.55 bits per heavy atom. The Morgan fingerprint density at radius 2 is 2.00 bits per heavy atom. The number of alkyl halides is 1. The summed E-state index contributed by atoms with van der Waals surface area (Å²) in [4.78, 5) is 0. The van der Waals surface area contributed by atoms with Crippen LogP contribution in [-0.4, -0.2) is 19.1 Å². The van der Waals surface area contributed by atoms with Crippen LogP contribution in [0.25, 0.3) is 0 Å². The quantitative estimate of drug-likeness (QED) is 0.514. The van der Waals surface area contributed by atoms with Gasteiger partial charge in [-0.3, -0.25) is 0 Å². The van der Waals surface area contributed by atoms with E-state index in [1.165, 1.54) is 0 Å². The molecule has 1 rings (SSSR count). The average molecular weight is 235 g/mol. The first-order valence-electron chi connectivity index (χ1n) is 3.12. The van der Waals surface area contributed by atoms with E-state index in [1.807, 2.05) is 6.92 Å².